The maximum absolute atomic E-state index is 13.9. The summed E-state index contributed by atoms with van der Waals surface area (Å²) in [6.45, 7) is 4.73. The topological polar surface area (TPSA) is 61.8 Å². The Kier molecular flexibility index (Phi) is 3.85. The Labute approximate surface area is 129 Å². The number of amides is 1. The van der Waals surface area contributed by atoms with Crippen molar-refractivity contribution in [3.8, 4) is 5.75 Å². The first-order valence-corrected chi connectivity index (χ1v) is 7.75. The van der Waals surface area contributed by atoms with E-state index in [1.54, 1.807) is 6.07 Å². The molecule has 3 rings (SSSR count). The maximum Gasteiger partial charge on any atom is 0.404 e. The minimum atomic E-state index is -0.994. The Bertz CT molecular complexity index is 593. The molecule has 2 aliphatic rings. The van der Waals surface area contributed by atoms with E-state index in [2.05, 4.69) is 10.2 Å². The third kappa shape index (κ3) is 2.46. The number of nitrogens with one attached hydrogen (secondary N) is 1. The molecule has 6 heteroatoms. The van der Waals surface area contributed by atoms with Gasteiger partial charge in [0.1, 0.15) is 6.10 Å². The number of halogens is 1. The first kappa shape index (κ1) is 14.9. The van der Waals surface area contributed by atoms with Gasteiger partial charge in [0.15, 0.2) is 11.6 Å². The van der Waals surface area contributed by atoms with E-state index in [4.69, 9.17) is 9.84 Å². The van der Waals surface area contributed by atoms with E-state index in [1.165, 1.54) is 6.07 Å². The van der Waals surface area contributed by atoms with Crippen LogP contribution in [0.25, 0.3) is 0 Å². The Hall–Kier alpha value is -1.98. The molecule has 2 N–H and O–H groups in total. The van der Waals surface area contributed by atoms with Crippen molar-refractivity contribution in [3.05, 3.63) is 23.5 Å². The number of anilines is 1. The molecule has 1 amide bonds. The molecular weight excluding hydrogens is 287 g/mol. The fraction of sp³-hybridized carbons (Fsp3) is 0.562. The molecule has 0 aliphatic carbocycles. The van der Waals surface area contributed by atoms with E-state index >= 15 is 0 Å². The monoisotopic (exact) mass is 308 g/mol. The molecule has 1 saturated heterocycles. The van der Waals surface area contributed by atoms with Crippen molar-refractivity contribution in [3.63, 3.8) is 0 Å². The highest BCUT2D eigenvalue weighted by molar-refractivity contribution is 5.66. The Morgan fingerprint density at radius 1 is 1.55 bits per heavy atom. The summed E-state index contributed by atoms with van der Waals surface area (Å²) in [5, 5.41) is 11.6. The van der Waals surface area contributed by atoms with Crippen LogP contribution in [0.15, 0.2) is 12.1 Å². The van der Waals surface area contributed by atoms with Gasteiger partial charge in [-0.15, -0.1) is 0 Å². The third-order valence-corrected chi connectivity index (χ3v) is 4.58. The average Bonchev–Trinajstić information content (AvgIpc) is 3.02. The van der Waals surface area contributed by atoms with Gasteiger partial charge in [0, 0.05) is 30.3 Å². The lowest BCUT2D eigenvalue weighted by Gasteiger charge is -2.30. The van der Waals surface area contributed by atoms with Crippen LogP contribution in [0.3, 0.4) is 0 Å². The first-order valence-electron chi connectivity index (χ1n) is 7.75. The highest BCUT2D eigenvalue weighted by atomic mass is 19.1. The number of hydrogen-bond donors (Lipinski definition) is 2. The van der Waals surface area contributed by atoms with Gasteiger partial charge >= 0.3 is 6.09 Å². The van der Waals surface area contributed by atoms with Crippen LogP contribution in [-0.4, -0.2) is 35.9 Å². The number of ether oxygens (including phenoxy) is 1. The summed E-state index contributed by atoms with van der Waals surface area (Å²) in [6.07, 6.45) is 1.25. The van der Waals surface area contributed by atoms with Crippen molar-refractivity contribution in [2.75, 3.05) is 11.4 Å². The molecule has 1 fully saturated rings. The molecule has 2 aliphatic heterocycles. The number of carbonyl (C=O) groups is 1. The summed E-state index contributed by atoms with van der Waals surface area (Å²) in [5.41, 5.74) is 1.88. The number of fused-ring (bicyclic) bond motifs is 1. The van der Waals surface area contributed by atoms with Gasteiger partial charge in [-0.1, -0.05) is 6.92 Å². The van der Waals surface area contributed by atoms with E-state index in [-0.39, 0.29) is 24.0 Å². The number of rotatable bonds is 3. The molecule has 3 atom stereocenters. The average molecular weight is 308 g/mol. The van der Waals surface area contributed by atoms with Gasteiger partial charge in [0.05, 0.1) is 6.04 Å². The van der Waals surface area contributed by atoms with E-state index < -0.39 is 6.09 Å². The zero-order chi connectivity index (χ0) is 15.9. The van der Waals surface area contributed by atoms with Crippen molar-refractivity contribution < 1.29 is 19.0 Å². The normalized spacial score (nSPS) is 26.7. The molecule has 0 radical (unpaired) electrons. The quantitative estimate of drug-likeness (QED) is 0.901. The van der Waals surface area contributed by atoms with Crippen molar-refractivity contribution >= 4 is 11.8 Å². The van der Waals surface area contributed by atoms with Gasteiger partial charge in [-0.25, -0.2) is 9.18 Å². The predicted octanol–water partition coefficient (Wildman–Crippen LogP) is 2.77. The lowest BCUT2D eigenvalue weighted by atomic mass is 10.0. The van der Waals surface area contributed by atoms with Crippen LogP contribution >= 0.6 is 0 Å². The second-order valence-corrected chi connectivity index (χ2v) is 6.02. The summed E-state index contributed by atoms with van der Waals surface area (Å²) < 4.78 is 19.5. The second kappa shape index (κ2) is 5.66. The highest BCUT2D eigenvalue weighted by Crippen LogP contribution is 2.41. The lowest BCUT2D eigenvalue weighted by Crippen LogP contribution is -2.44. The number of nitrogens with zero attached hydrogens (tertiary/aromatic N) is 1. The van der Waals surface area contributed by atoms with Gasteiger partial charge < -0.3 is 20.1 Å². The molecule has 5 nitrogen and oxygen atoms in total. The van der Waals surface area contributed by atoms with Gasteiger partial charge in [-0.2, -0.15) is 0 Å². The van der Waals surface area contributed by atoms with Gasteiger partial charge in [-0.05, 0) is 31.9 Å². The molecule has 1 aromatic rings. The molecule has 0 saturated carbocycles. The molecular formula is C16H21FN2O3. The van der Waals surface area contributed by atoms with Crippen molar-refractivity contribution in [2.24, 2.45) is 0 Å². The van der Waals surface area contributed by atoms with Crippen molar-refractivity contribution in [1.29, 1.82) is 0 Å². The van der Waals surface area contributed by atoms with Crippen LogP contribution in [0.4, 0.5) is 14.9 Å². The van der Waals surface area contributed by atoms with Crippen molar-refractivity contribution in [2.45, 2.75) is 51.3 Å². The fourth-order valence-corrected chi connectivity index (χ4v) is 3.70. The minimum absolute atomic E-state index is 0.0266. The lowest BCUT2D eigenvalue weighted by molar-refractivity contribution is 0.188. The van der Waals surface area contributed by atoms with Gasteiger partial charge in [-0.3, -0.25) is 0 Å². The Morgan fingerprint density at radius 3 is 3.00 bits per heavy atom. The van der Waals surface area contributed by atoms with E-state index in [0.29, 0.717) is 12.2 Å². The largest absolute Gasteiger partial charge is 0.487 e. The fourth-order valence-electron chi connectivity index (χ4n) is 3.70. The highest BCUT2D eigenvalue weighted by Gasteiger charge is 2.37. The zero-order valence-corrected chi connectivity index (χ0v) is 12.8. The Morgan fingerprint density at radius 2 is 2.32 bits per heavy atom. The standard InChI is InChI=1S/C16H21FN2O3/c1-3-13-12(18-16(20)21)6-7-19(13)14-5-4-11(17)15-10(14)8-9(2)22-15/h4-5,9,12-13,18H,3,6-8H2,1-2H3,(H,20,21)/t9?,12-,13?/m0/s1. The smallest absolute Gasteiger partial charge is 0.404 e. The van der Waals surface area contributed by atoms with Crippen LogP contribution in [0.5, 0.6) is 5.75 Å². The van der Waals surface area contributed by atoms with Crippen LogP contribution < -0.4 is 15.0 Å². The summed E-state index contributed by atoms with van der Waals surface area (Å²) in [7, 11) is 0. The summed E-state index contributed by atoms with van der Waals surface area (Å²) in [6, 6.07) is 3.22. The van der Waals surface area contributed by atoms with E-state index in [9.17, 15) is 9.18 Å². The third-order valence-electron chi connectivity index (χ3n) is 4.58. The van der Waals surface area contributed by atoms with Gasteiger partial charge in [0.25, 0.3) is 0 Å². The van der Waals surface area contributed by atoms with Crippen LogP contribution in [0, 0.1) is 5.82 Å². The second-order valence-electron chi connectivity index (χ2n) is 6.02. The SMILES string of the molecule is CCC1[C@@H](NC(=O)O)CCN1c1ccc(F)c2c1CC(C)O2. The van der Waals surface area contributed by atoms with Crippen LogP contribution in [-0.2, 0) is 6.42 Å². The minimum Gasteiger partial charge on any atom is -0.487 e. The summed E-state index contributed by atoms with van der Waals surface area (Å²) >= 11 is 0. The first-order chi connectivity index (χ1) is 10.5. The van der Waals surface area contributed by atoms with E-state index in [0.717, 1.165) is 30.6 Å². The van der Waals surface area contributed by atoms with Crippen LogP contribution in [0.2, 0.25) is 0 Å². The zero-order valence-electron chi connectivity index (χ0n) is 12.8. The number of carboxylic acid groups (broad SMARTS) is 1. The summed E-state index contributed by atoms with van der Waals surface area (Å²) in [5.74, 6) is 0.0325. The molecule has 1 aromatic carbocycles. The predicted molar refractivity (Wildman–Crippen MR) is 81.2 cm³/mol. The van der Waals surface area contributed by atoms with E-state index in [1.807, 2.05) is 13.8 Å². The van der Waals surface area contributed by atoms with Gasteiger partial charge in [0.2, 0.25) is 0 Å². The molecule has 0 bridgehead atoms. The molecule has 0 spiro atoms. The number of hydrogen-bond acceptors (Lipinski definition) is 3. The molecule has 120 valence electrons. The number of benzene rings is 1. The molecule has 2 unspecified atom stereocenters. The molecule has 2 heterocycles. The van der Waals surface area contributed by atoms with Crippen LogP contribution in [0.1, 0.15) is 32.3 Å². The summed E-state index contributed by atoms with van der Waals surface area (Å²) in [4.78, 5) is 13.1. The Balaban J connectivity index is 1.92. The van der Waals surface area contributed by atoms with Crippen molar-refractivity contribution in [1.82, 2.24) is 5.32 Å². The maximum atomic E-state index is 13.9. The molecule has 0 aromatic heterocycles. The molecule has 22 heavy (non-hydrogen) atoms.